The summed E-state index contributed by atoms with van der Waals surface area (Å²) in [7, 11) is 0. The number of benzene rings is 1. The van der Waals surface area contributed by atoms with Crippen molar-refractivity contribution >= 4 is 5.91 Å². The van der Waals surface area contributed by atoms with Crippen LogP contribution in [0.5, 0.6) is 0 Å². The molecule has 3 aromatic rings. The fraction of sp³-hybridized carbons (Fsp3) is 0.333. The van der Waals surface area contributed by atoms with E-state index in [1.54, 1.807) is 25.3 Å². The van der Waals surface area contributed by atoms with Gasteiger partial charge in [-0.25, -0.2) is 4.98 Å². The first-order chi connectivity index (χ1) is 12.3. The smallest absolute Gasteiger partial charge is 0.263 e. The van der Waals surface area contributed by atoms with Crippen molar-refractivity contribution in [2.75, 3.05) is 6.54 Å². The van der Waals surface area contributed by atoms with E-state index >= 15 is 0 Å². The quantitative estimate of drug-likeness (QED) is 0.722. The number of carbonyl (C=O) groups is 1. The molecule has 0 fully saturated rings. The Balaban J connectivity index is 1.61. The van der Waals surface area contributed by atoms with Crippen molar-refractivity contribution in [3.63, 3.8) is 0 Å². The second-order valence-electron chi connectivity index (χ2n) is 7.20. The van der Waals surface area contributed by atoms with Crippen LogP contribution < -0.4 is 5.32 Å². The van der Waals surface area contributed by atoms with Gasteiger partial charge in [0.2, 0.25) is 5.91 Å². The topological polar surface area (TPSA) is 68.3 Å². The van der Waals surface area contributed by atoms with Crippen LogP contribution in [0.25, 0.3) is 11.7 Å². The van der Waals surface area contributed by atoms with Crippen molar-refractivity contribution in [3.8, 4) is 11.7 Å². The van der Waals surface area contributed by atoms with Gasteiger partial charge in [0.1, 0.15) is 5.76 Å². The highest BCUT2D eigenvalue weighted by molar-refractivity contribution is 5.78. The summed E-state index contributed by atoms with van der Waals surface area (Å²) in [5.74, 6) is 1.51. The number of carbonyl (C=O) groups excluding carboxylic acids is 1. The van der Waals surface area contributed by atoms with Crippen LogP contribution >= 0.6 is 0 Å². The second kappa shape index (κ2) is 7.20. The summed E-state index contributed by atoms with van der Waals surface area (Å²) in [6, 6.07) is 12.0. The van der Waals surface area contributed by atoms with Gasteiger partial charge < -0.3 is 14.2 Å². The SMILES string of the molecule is Cc1ccc(C(C)(C)CNC(=O)Cc2nc(-c3ccco3)oc2C)cc1. The van der Waals surface area contributed by atoms with Crippen LogP contribution in [0.4, 0.5) is 0 Å². The Hall–Kier alpha value is -2.82. The highest BCUT2D eigenvalue weighted by Gasteiger charge is 2.22. The van der Waals surface area contributed by atoms with Gasteiger partial charge in [-0.15, -0.1) is 0 Å². The first-order valence-corrected chi connectivity index (χ1v) is 8.69. The number of hydrogen-bond donors (Lipinski definition) is 1. The molecule has 0 unspecified atom stereocenters. The minimum atomic E-state index is -0.151. The second-order valence-corrected chi connectivity index (χ2v) is 7.20. The van der Waals surface area contributed by atoms with Gasteiger partial charge in [0, 0.05) is 12.0 Å². The van der Waals surface area contributed by atoms with Crippen molar-refractivity contribution in [2.45, 2.75) is 39.5 Å². The molecular formula is C21H24N2O3. The van der Waals surface area contributed by atoms with E-state index in [9.17, 15) is 4.79 Å². The molecule has 1 aromatic carbocycles. The molecule has 5 heteroatoms. The lowest BCUT2D eigenvalue weighted by molar-refractivity contribution is -0.120. The van der Waals surface area contributed by atoms with E-state index in [0.717, 1.165) is 0 Å². The van der Waals surface area contributed by atoms with Gasteiger partial charge in [0.25, 0.3) is 5.89 Å². The Kier molecular flexibility index (Phi) is 4.98. The molecule has 0 atom stereocenters. The van der Waals surface area contributed by atoms with E-state index in [4.69, 9.17) is 8.83 Å². The zero-order valence-corrected chi connectivity index (χ0v) is 15.6. The van der Waals surface area contributed by atoms with Crippen molar-refractivity contribution in [1.29, 1.82) is 0 Å². The molecule has 0 aliphatic heterocycles. The maximum atomic E-state index is 12.4. The number of nitrogens with zero attached hydrogens (tertiary/aromatic N) is 1. The van der Waals surface area contributed by atoms with E-state index in [1.807, 2.05) is 0 Å². The van der Waals surface area contributed by atoms with Crippen LogP contribution in [-0.4, -0.2) is 17.4 Å². The molecule has 2 heterocycles. The highest BCUT2D eigenvalue weighted by atomic mass is 16.4. The molecule has 0 saturated heterocycles. The maximum Gasteiger partial charge on any atom is 0.263 e. The average Bonchev–Trinajstić information content (AvgIpc) is 3.24. The van der Waals surface area contributed by atoms with Crippen LogP contribution in [0, 0.1) is 13.8 Å². The van der Waals surface area contributed by atoms with Crippen LogP contribution in [0.2, 0.25) is 0 Å². The molecule has 0 saturated carbocycles. The minimum Gasteiger partial charge on any atom is -0.459 e. The van der Waals surface area contributed by atoms with Crippen molar-refractivity contribution in [2.24, 2.45) is 0 Å². The number of oxazole rings is 1. The lowest BCUT2D eigenvalue weighted by atomic mass is 9.84. The summed E-state index contributed by atoms with van der Waals surface area (Å²) < 4.78 is 10.9. The summed E-state index contributed by atoms with van der Waals surface area (Å²) in [6.45, 7) is 8.66. The van der Waals surface area contributed by atoms with Gasteiger partial charge in [-0.05, 0) is 31.5 Å². The molecule has 0 aliphatic carbocycles. The van der Waals surface area contributed by atoms with E-state index < -0.39 is 0 Å². The van der Waals surface area contributed by atoms with Crippen LogP contribution in [0.1, 0.15) is 36.4 Å². The number of aryl methyl sites for hydroxylation is 2. The first kappa shape index (κ1) is 18.0. The van der Waals surface area contributed by atoms with E-state index in [2.05, 4.69) is 55.3 Å². The fourth-order valence-corrected chi connectivity index (χ4v) is 2.74. The number of furan rings is 1. The van der Waals surface area contributed by atoms with Crippen molar-refractivity contribution < 1.29 is 13.6 Å². The van der Waals surface area contributed by atoms with Crippen molar-refractivity contribution in [3.05, 3.63) is 65.2 Å². The van der Waals surface area contributed by atoms with Crippen molar-refractivity contribution in [1.82, 2.24) is 10.3 Å². The van der Waals surface area contributed by atoms with Crippen LogP contribution in [0.3, 0.4) is 0 Å². The lowest BCUT2D eigenvalue weighted by Crippen LogP contribution is -2.37. The summed E-state index contributed by atoms with van der Waals surface area (Å²) in [5, 5.41) is 3.01. The molecule has 0 aliphatic rings. The summed E-state index contributed by atoms with van der Waals surface area (Å²) in [6.07, 6.45) is 1.74. The molecule has 2 aromatic heterocycles. The Labute approximate surface area is 153 Å². The summed E-state index contributed by atoms with van der Waals surface area (Å²) in [4.78, 5) is 16.8. The molecule has 136 valence electrons. The molecule has 1 N–H and O–H groups in total. The first-order valence-electron chi connectivity index (χ1n) is 8.69. The molecule has 0 radical (unpaired) electrons. The normalized spacial score (nSPS) is 11.5. The third kappa shape index (κ3) is 4.04. The van der Waals surface area contributed by atoms with E-state index in [0.29, 0.717) is 29.6 Å². The Morgan fingerprint density at radius 3 is 2.54 bits per heavy atom. The van der Waals surface area contributed by atoms with Gasteiger partial charge in [-0.3, -0.25) is 4.79 Å². The Morgan fingerprint density at radius 1 is 1.15 bits per heavy atom. The molecule has 3 rings (SSSR count). The minimum absolute atomic E-state index is 0.0763. The Bertz CT molecular complexity index is 875. The molecular weight excluding hydrogens is 328 g/mol. The largest absolute Gasteiger partial charge is 0.459 e. The standard InChI is InChI=1S/C21H24N2O3/c1-14-7-9-16(10-8-14)21(3,4)13-22-19(24)12-17-15(2)26-20(23-17)18-6-5-11-25-18/h5-11H,12-13H2,1-4H3,(H,22,24). The number of amides is 1. The number of rotatable bonds is 6. The molecule has 26 heavy (non-hydrogen) atoms. The number of hydrogen-bond acceptors (Lipinski definition) is 4. The molecule has 0 spiro atoms. The zero-order valence-electron chi connectivity index (χ0n) is 15.6. The van der Waals surface area contributed by atoms with Gasteiger partial charge in [0.15, 0.2) is 5.76 Å². The maximum absolute atomic E-state index is 12.4. The van der Waals surface area contributed by atoms with Gasteiger partial charge in [-0.2, -0.15) is 0 Å². The number of nitrogens with one attached hydrogen (secondary N) is 1. The summed E-state index contributed by atoms with van der Waals surface area (Å²) >= 11 is 0. The third-order valence-corrected chi connectivity index (χ3v) is 4.51. The van der Waals surface area contributed by atoms with Crippen LogP contribution in [0.15, 0.2) is 51.5 Å². The molecule has 0 bridgehead atoms. The van der Waals surface area contributed by atoms with Crippen LogP contribution in [-0.2, 0) is 16.6 Å². The molecule has 5 nitrogen and oxygen atoms in total. The molecule has 1 amide bonds. The number of aromatic nitrogens is 1. The lowest BCUT2D eigenvalue weighted by Gasteiger charge is -2.25. The van der Waals surface area contributed by atoms with E-state index in [1.165, 1.54) is 11.1 Å². The van der Waals surface area contributed by atoms with Gasteiger partial charge >= 0.3 is 0 Å². The Morgan fingerprint density at radius 2 is 1.88 bits per heavy atom. The average molecular weight is 352 g/mol. The summed E-state index contributed by atoms with van der Waals surface area (Å²) in [5.41, 5.74) is 2.90. The predicted molar refractivity (Wildman–Crippen MR) is 99.9 cm³/mol. The zero-order chi connectivity index (χ0) is 18.7. The van der Waals surface area contributed by atoms with Gasteiger partial charge in [-0.1, -0.05) is 43.7 Å². The highest BCUT2D eigenvalue weighted by Crippen LogP contribution is 2.24. The van der Waals surface area contributed by atoms with E-state index in [-0.39, 0.29) is 17.7 Å². The van der Waals surface area contributed by atoms with Gasteiger partial charge in [0.05, 0.1) is 18.4 Å². The monoisotopic (exact) mass is 352 g/mol. The third-order valence-electron chi connectivity index (χ3n) is 4.51. The fourth-order valence-electron chi connectivity index (χ4n) is 2.74. The predicted octanol–water partition coefficient (Wildman–Crippen LogP) is 4.19.